The Kier molecular flexibility index (Phi) is 4.26. The summed E-state index contributed by atoms with van der Waals surface area (Å²) in [6.45, 7) is 0.811. The Bertz CT molecular complexity index is 817. The minimum absolute atomic E-state index is 0.0142. The molecule has 2 fully saturated rings. The van der Waals surface area contributed by atoms with E-state index in [0.717, 1.165) is 24.9 Å². The molecule has 2 amide bonds. The Morgan fingerprint density at radius 1 is 1.27 bits per heavy atom. The van der Waals surface area contributed by atoms with Crippen LogP contribution in [0.2, 0.25) is 0 Å². The summed E-state index contributed by atoms with van der Waals surface area (Å²) in [4.78, 5) is 36.2. The highest BCUT2D eigenvalue weighted by Gasteiger charge is 2.42. The Labute approximate surface area is 153 Å². The van der Waals surface area contributed by atoms with Gasteiger partial charge in [0.05, 0.1) is 5.56 Å². The molecular weight excluding hydrogens is 328 g/mol. The standard InChI is InChI=1S/C20H24N4O2/c1-23-12-14-10-15(9-13(14)11-18(23)25)24(2)20(26)17-6-4-3-5-16(17)19-21-7-8-22-19/h3-8,13-15H,9-12H2,1-2H3,(H,21,22)/t13-,14+,15-/m0/s1. The van der Waals surface area contributed by atoms with E-state index in [-0.39, 0.29) is 17.9 Å². The van der Waals surface area contributed by atoms with Crippen molar-refractivity contribution in [2.75, 3.05) is 20.6 Å². The highest BCUT2D eigenvalue weighted by molar-refractivity contribution is 6.00. The van der Waals surface area contributed by atoms with Gasteiger partial charge in [-0.2, -0.15) is 0 Å². The molecule has 1 aliphatic carbocycles. The lowest BCUT2D eigenvalue weighted by Crippen LogP contribution is -2.40. The molecule has 1 aromatic heterocycles. The van der Waals surface area contributed by atoms with E-state index in [0.29, 0.717) is 29.6 Å². The van der Waals surface area contributed by atoms with E-state index in [2.05, 4.69) is 9.97 Å². The lowest BCUT2D eigenvalue weighted by atomic mass is 9.88. The van der Waals surface area contributed by atoms with Crippen LogP contribution in [-0.4, -0.2) is 58.3 Å². The molecule has 0 bridgehead atoms. The zero-order chi connectivity index (χ0) is 18.3. The van der Waals surface area contributed by atoms with E-state index in [1.807, 2.05) is 48.2 Å². The van der Waals surface area contributed by atoms with Crippen LogP contribution in [0.3, 0.4) is 0 Å². The summed E-state index contributed by atoms with van der Waals surface area (Å²) in [7, 11) is 3.76. The van der Waals surface area contributed by atoms with Crippen LogP contribution in [0.1, 0.15) is 29.6 Å². The molecule has 1 N–H and O–H groups in total. The van der Waals surface area contributed by atoms with Crippen molar-refractivity contribution in [3.63, 3.8) is 0 Å². The van der Waals surface area contributed by atoms with Gasteiger partial charge in [-0.05, 0) is 30.7 Å². The second kappa shape index (κ2) is 6.59. The highest BCUT2D eigenvalue weighted by Crippen LogP contribution is 2.40. The zero-order valence-electron chi connectivity index (χ0n) is 15.2. The molecule has 0 spiro atoms. The van der Waals surface area contributed by atoms with Gasteiger partial charge in [0.1, 0.15) is 5.82 Å². The highest BCUT2D eigenvalue weighted by atomic mass is 16.2. The zero-order valence-corrected chi connectivity index (χ0v) is 15.2. The summed E-state index contributed by atoms with van der Waals surface area (Å²) in [5, 5.41) is 0. The van der Waals surface area contributed by atoms with Gasteiger partial charge in [-0.1, -0.05) is 18.2 Å². The fourth-order valence-electron chi connectivity index (χ4n) is 4.45. The number of nitrogens with one attached hydrogen (secondary N) is 1. The van der Waals surface area contributed by atoms with Gasteiger partial charge >= 0.3 is 0 Å². The van der Waals surface area contributed by atoms with Gasteiger partial charge in [0.15, 0.2) is 0 Å². The molecule has 2 aromatic rings. The fraction of sp³-hybridized carbons (Fsp3) is 0.450. The monoisotopic (exact) mass is 352 g/mol. The molecule has 26 heavy (non-hydrogen) atoms. The number of aromatic nitrogens is 2. The smallest absolute Gasteiger partial charge is 0.254 e. The van der Waals surface area contributed by atoms with Crippen molar-refractivity contribution in [3.8, 4) is 11.4 Å². The lowest BCUT2D eigenvalue weighted by Gasteiger charge is -2.31. The van der Waals surface area contributed by atoms with Gasteiger partial charge in [-0.15, -0.1) is 0 Å². The van der Waals surface area contributed by atoms with Crippen LogP contribution in [0.5, 0.6) is 0 Å². The number of carbonyl (C=O) groups excluding carboxylic acids is 2. The summed E-state index contributed by atoms with van der Waals surface area (Å²) in [5.41, 5.74) is 1.48. The SMILES string of the molecule is CN1C[C@H]2C[C@@H](N(C)C(=O)c3ccccc3-c3ncc[nH]3)C[C@H]2CC1=O. The van der Waals surface area contributed by atoms with Crippen molar-refractivity contribution >= 4 is 11.8 Å². The average molecular weight is 352 g/mol. The normalized spacial score (nSPS) is 25.2. The molecule has 2 heterocycles. The number of H-pyrrole nitrogens is 1. The number of piperidine rings is 1. The molecule has 6 heteroatoms. The average Bonchev–Trinajstić information content (AvgIpc) is 3.31. The third kappa shape index (κ3) is 2.89. The fourth-order valence-corrected chi connectivity index (χ4v) is 4.45. The Hall–Kier alpha value is -2.63. The van der Waals surface area contributed by atoms with Crippen LogP contribution < -0.4 is 0 Å². The van der Waals surface area contributed by atoms with E-state index < -0.39 is 0 Å². The predicted molar refractivity (Wildman–Crippen MR) is 98.4 cm³/mol. The molecule has 3 atom stereocenters. The Morgan fingerprint density at radius 3 is 2.81 bits per heavy atom. The maximum Gasteiger partial charge on any atom is 0.254 e. The topological polar surface area (TPSA) is 69.3 Å². The molecule has 0 unspecified atom stereocenters. The molecule has 4 rings (SSSR count). The molecule has 0 radical (unpaired) electrons. The van der Waals surface area contributed by atoms with Gasteiger partial charge in [0, 0.05) is 51.1 Å². The summed E-state index contributed by atoms with van der Waals surface area (Å²) in [5.74, 6) is 1.84. The third-order valence-corrected chi connectivity index (χ3v) is 5.97. The molecule has 6 nitrogen and oxygen atoms in total. The number of imidazole rings is 1. The van der Waals surface area contributed by atoms with Gasteiger partial charge in [0.25, 0.3) is 5.91 Å². The molecule has 1 aliphatic heterocycles. The van der Waals surface area contributed by atoms with E-state index in [4.69, 9.17) is 0 Å². The van der Waals surface area contributed by atoms with E-state index >= 15 is 0 Å². The number of nitrogens with zero attached hydrogens (tertiary/aromatic N) is 3. The number of benzene rings is 1. The van der Waals surface area contributed by atoms with Gasteiger partial charge in [-0.25, -0.2) is 4.98 Å². The van der Waals surface area contributed by atoms with Gasteiger partial charge in [0.2, 0.25) is 5.91 Å². The maximum atomic E-state index is 13.2. The Morgan fingerprint density at radius 2 is 2.04 bits per heavy atom. The molecule has 2 aliphatic rings. The number of rotatable bonds is 3. The van der Waals surface area contributed by atoms with Crippen LogP contribution in [0.15, 0.2) is 36.7 Å². The van der Waals surface area contributed by atoms with Crippen molar-refractivity contribution in [2.45, 2.75) is 25.3 Å². The quantitative estimate of drug-likeness (QED) is 0.922. The van der Waals surface area contributed by atoms with Gasteiger partial charge in [-0.3, -0.25) is 9.59 Å². The molecule has 1 saturated heterocycles. The molecular formula is C20H24N4O2. The predicted octanol–water partition coefficient (Wildman–Crippen LogP) is 2.41. The van der Waals surface area contributed by atoms with Crippen LogP contribution >= 0.6 is 0 Å². The first-order chi connectivity index (χ1) is 12.5. The van der Waals surface area contributed by atoms with Crippen LogP contribution in [0.4, 0.5) is 0 Å². The van der Waals surface area contributed by atoms with Crippen LogP contribution in [0.25, 0.3) is 11.4 Å². The first-order valence-corrected chi connectivity index (χ1v) is 9.14. The van der Waals surface area contributed by atoms with Crippen molar-refractivity contribution in [2.24, 2.45) is 11.8 Å². The van der Waals surface area contributed by atoms with Crippen molar-refractivity contribution in [1.82, 2.24) is 19.8 Å². The number of hydrogen-bond donors (Lipinski definition) is 1. The molecule has 1 aromatic carbocycles. The lowest BCUT2D eigenvalue weighted by molar-refractivity contribution is -0.134. The summed E-state index contributed by atoms with van der Waals surface area (Å²) in [6, 6.07) is 7.76. The first-order valence-electron chi connectivity index (χ1n) is 9.14. The van der Waals surface area contributed by atoms with Crippen molar-refractivity contribution in [3.05, 3.63) is 42.2 Å². The van der Waals surface area contributed by atoms with Crippen LogP contribution in [0, 0.1) is 11.8 Å². The van der Waals surface area contributed by atoms with Crippen molar-refractivity contribution < 1.29 is 9.59 Å². The summed E-state index contributed by atoms with van der Waals surface area (Å²) < 4.78 is 0. The van der Waals surface area contributed by atoms with Gasteiger partial charge < -0.3 is 14.8 Å². The summed E-state index contributed by atoms with van der Waals surface area (Å²) >= 11 is 0. The van der Waals surface area contributed by atoms with E-state index in [9.17, 15) is 9.59 Å². The number of fused-ring (bicyclic) bond motifs is 1. The maximum absolute atomic E-state index is 13.2. The molecule has 136 valence electrons. The van der Waals surface area contributed by atoms with Crippen molar-refractivity contribution in [1.29, 1.82) is 0 Å². The number of likely N-dealkylation sites (tertiary alicyclic amines) is 1. The second-order valence-electron chi connectivity index (χ2n) is 7.52. The number of hydrogen-bond acceptors (Lipinski definition) is 3. The van der Waals surface area contributed by atoms with E-state index in [1.165, 1.54) is 0 Å². The minimum Gasteiger partial charge on any atom is -0.345 e. The largest absolute Gasteiger partial charge is 0.345 e. The third-order valence-electron chi connectivity index (χ3n) is 5.97. The number of carbonyl (C=O) groups is 2. The summed E-state index contributed by atoms with van der Waals surface area (Å²) in [6.07, 6.45) is 5.94. The molecule has 1 saturated carbocycles. The minimum atomic E-state index is 0.0142. The van der Waals surface area contributed by atoms with E-state index in [1.54, 1.807) is 12.4 Å². The number of aromatic amines is 1. The first kappa shape index (κ1) is 16.8. The number of amides is 2. The Balaban J connectivity index is 1.54. The second-order valence-corrected chi connectivity index (χ2v) is 7.52. The van der Waals surface area contributed by atoms with Crippen LogP contribution in [-0.2, 0) is 4.79 Å².